The van der Waals surface area contributed by atoms with E-state index in [0.29, 0.717) is 35.2 Å². The Bertz CT molecular complexity index is 940. The van der Waals surface area contributed by atoms with Crippen LogP contribution in [0.4, 0.5) is 10.1 Å². The van der Waals surface area contributed by atoms with Crippen molar-refractivity contribution in [2.75, 3.05) is 53.0 Å². The molecule has 172 valence electrons. The van der Waals surface area contributed by atoms with Crippen LogP contribution < -0.4 is 23.8 Å². The van der Waals surface area contributed by atoms with E-state index in [-0.39, 0.29) is 37.2 Å². The maximum absolute atomic E-state index is 13.0. The van der Waals surface area contributed by atoms with Gasteiger partial charge in [0.2, 0.25) is 17.6 Å². The van der Waals surface area contributed by atoms with E-state index >= 15 is 0 Å². The first-order valence-corrected chi connectivity index (χ1v) is 10.1. The Hall–Kier alpha value is -3.49. The summed E-state index contributed by atoms with van der Waals surface area (Å²) in [7, 11) is 6.18. The molecule has 2 aromatic rings. The first kappa shape index (κ1) is 23.2. The topological polar surface area (TPSA) is 77.5 Å². The summed E-state index contributed by atoms with van der Waals surface area (Å²) in [6.07, 6.45) is 0.110. The molecule has 1 saturated heterocycles. The van der Waals surface area contributed by atoms with Crippen molar-refractivity contribution in [1.29, 1.82) is 0 Å². The van der Waals surface area contributed by atoms with Crippen LogP contribution in [0, 0.1) is 11.7 Å². The van der Waals surface area contributed by atoms with Crippen LogP contribution >= 0.6 is 0 Å². The predicted octanol–water partition coefficient (Wildman–Crippen LogP) is 2.74. The molecule has 0 N–H and O–H groups in total. The molecule has 0 bridgehead atoms. The molecule has 2 aromatic carbocycles. The van der Waals surface area contributed by atoms with Crippen molar-refractivity contribution in [1.82, 2.24) is 4.90 Å². The van der Waals surface area contributed by atoms with E-state index in [9.17, 15) is 14.0 Å². The second kappa shape index (κ2) is 10.2. The molecule has 2 amide bonds. The molecule has 1 aliphatic rings. The molecule has 0 aliphatic carbocycles. The molecule has 1 heterocycles. The minimum Gasteiger partial charge on any atom is -0.493 e. The molecule has 9 heteroatoms. The molecule has 1 aliphatic heterocycles. The fourth-order valence-corrected chi connectivity index (χ4v) is 3.60. The van der Waals surface area contributed by atoms with Gasteiger partial charge < -0.3 is 28.7 Å². The van der Waals surface area contributed by atoms with Crippen molar-refractivity contribution >= 4 is 17.5 Å². The Morgan fingerprint density at radius 2 is 1.72 bits per heavy atom. The summed E-state index contributed by atoms with van der Waals surface area (Å²) in [5.74, 6) is 0.698. The molecule has 0 radical (unpaired) electrons. The number of benzene rings is 2. The van der Waals surface area contributed by atoms with E-state index < -0.39 is 5.92 Å². The quantitative estimate of drug-likeness (QED) is 0.590. The molecule has 32 heavy (non-hydrogen) atoms. The molecule has 8 nitrogen and oxygen atoms in total. The van der Waals surface area contributed by atoms with E-state index in [1.165, 1.54) is 45.6 Å². The van der Waals surface area contributed by atoms with Crippen molar-refractivity contribution in [2.24, 2.45) is 5.92 Å². The monoisotopic (exact) mass is 446 g/mol. The van der Waals surface area contributed by atoms with Gasteiger partial charge in [-0.2, -0.15) is 0 Å². The zero-order valence-electron chi connectivity index (χ0n) is 18.6. The first-order chi connectivity index (χ1) is 15.4. The van der Waals surface area contributed by atoms with Crippen LogP contribution in [0.1, 0.15) is 6.42 Å². The zero-order chi connectivity index (χ0) is 23.3. The van der Waals surface area contributed by atoms with Crippen molar-refractivity contribution in [2.45, 2.75) is 6.42 Å². The third-order valence-electron chi connectivity index (χ3n) is 5.32. The van der Waals surface area contributed by atoms with Crippen molar-refractivity contribution in [3.05, 3.63) is 42.2 Å². The number of amides is 2. The van der Waals surface area contributed by atoms with E-state index in [1.54, 1.807) is 29.0 Å². The third-order valence-corrected chi connectivity index (χ3v) is 5.32. The first-order valence-electron chi connectivity index (χ1n) is 10.1. The van der Waals surface area contributed by atoms with Crippen LogP contribution in [0.2, 0.25) is 0 Å². The second-order valence-corrected chi connectivity index (χ2v) is 7.35. The van der Waals surface area contributed by atoms with Crippen LogP contribution in [-0.2, 0) is 9.59 Å². The molecule has 0 aromatic heterocycles. The van der Waals surface area contributed by atoms with Crippen LogP contribution in [-0.4, -0.2) is 64.8 Å². The van der Waals surface area contributed by atoms with E-state index in [0.717, 1.165) is 0 Å². The highest BCUT2D eigenvalue weighted by Crippen LogP contribution is 2.42. The minimum atomic E-state index is -0.475. The number of methoxy groups -OCH3 is 3. The van der Waals surface area contributed by atoms with Crippen molar-refractivity contribution in [3.63, 3.8) is 0 Å². The predicted molar refractivity (Wildman–Crippen MR) is 116 cm³/mol. The smallest absolute Gasteiger partial charge is 0.227 e. The van der Waals surface area contributed by atoms with Crippen LogP contribution in [0.3, 0.4) is 0 Å². The largest absolute Gasteiger partial charge is 0.493 e. The van der Waals surface area contributed by atoms with Gasteiger partial charge >= 0.3 is 0 Å². The summed E-state index contributed by atoms with van der Waals surface area (Å²) in [5, 5.41) is 0. The summed E-state index contributed by atoms with van der Waals surface area (Å²) in [5.41, 5.74) is 0.571. The molecule has 0 saturated carbocycles. The lowest BCUT2D eigenvalue weighted by Gasteiger charge is -2.22. The fraction of sp³-hybridized carbons (Fsp3) is 0.391. The summed E-state index contributed by atoms with van der Waals surface area (Å²) in [4.78, 5) is 28.6. The summed E-state index contributed by atoms with van der Waals surface area (Å²) in [6.45, 7) is 0.843. The molecule has 0 spiro atoms. The Morgan fingerprint density at radius 1 is 1.09 bits per heavy atom. The second-order valence-electron chi connectivity index (χ2n) is 7.35. The normalized spacial score (nSPS) is 15.5. The molecule has 3 rings (SSSR count). The zero-order valence-corrected chi connectivity index (χ0v) is 18.6. The molecular weight excluding hydrogens is 419 g/mol. The highest BCUT2D eigenvalue weighted by Gasteiger charge is 2.37. The van der Waals surface area contributed by atoms with Gasteiger partial charge in [0, 0.05) is 32.1 Å². The van der Waals surface area contributed by atoms with Gasteiger partial charge in [0.25, 0.3) is 0 Å². The highest BCUT2D eigenvalue weighted by atomic mass is 19.1. The number of hydrogen-bond acceptors (Lipinski definition) is 6. The summed E-state index contributed by atoms with van der Waals surface area (Å²) < 4.78 is 34.6. The lowest BCUT2D eigenvalue weighted by Crippen LogP contribution is -2.37. The number of carbonyl (C=O) groups is 2. The fourth-order valence-electron chi connectivity index (χ4n) is 3.60. The van der Waals surface area contributed by atoms with Crippen LogP contribution in [0.5, 0.6) is 23.0 Å². The number of carbonyl (C=O) groups excluding carboxylic acids is 2. The average molecular weight is 446 g/mol. The number of hydrogen-bond donors (Lipinski definition) is 0. The summed E-state index contributed by atoms with van der Waals surface area (Å²) in [6, 6.07) is 9.06. The standard InChI is InChI=1S/C23H27FN2O6/c1-25(9-10-32-18-7-5-16(24)6-8-18)23(28)15-11-21(27)26(14-15)17-12-19(29-2)22(31-4)20(13-17)30-3/h5-8,12-13,15H,9-11,14H2,1-4H3. The Labute approximate surface area is 186 Å². The van der Waals surface area contributed by atoms with Gasteiger partial charge in [-0.15, -0.1) is 0 Å². The average Bonchev–Trinajstić information content (AvgIpc) is 3.20. The number of nitrogens with zero attached hydrogens (tertiary/aromatic N) is 2. The number of halogens is 1. The lowest BCUT2D eigenvalue weighted by atomic mass is 10.1. The maximum Gasteiger partial charge on any atom is 0.227 e. The number of ether oxygens (including phenoxy) is 4. The van der Waals surface area contributed by atoms with Gasteiger partial charge in [-0.05, 0) is 24.3 Å². The van der Waals surface area contributed by atoms with Gasteiger partial charge in [-0.3, -0.25) is 9.59 Å². The van der Waals surface area contributed by atoms with Gasteiger partial charge in [0.15, 0.2) is 11.5 Å². The molecule has 1 unspecified atom stereocenters. The van der Waals surface area contributed by atoms with E-state index in [4.69, 9.17) is 18.9 Å². The lowest BCUT2D eigenvalue weighted by molar-refractivity contribution is -0.134. The maximum atomic E-state index is 13.0. The molecule has 1 fully saturated rings. The SMILES string of the molecule is COc1cc(N2CC(C(=O)N(C)CCOc3ccc(F)cc3)CC2=O)cc(OC)c1OC. The molecule has 1 atom stereocenters. The number of anilines is 1. The third kappa shape index (κ3) is 5.04. The van der Waals surface area contributed by atoms with E-state index in [1.807, 2.05) is 0 Å². The summed E-state index contributed by atoms with van der Waals surface area (Å²) >= 11 is 0. The van der Waals surface area contributed by atoms with Gasteiger partial charge in [0.1, 0.15) is 18.2 Å². The van der Waals surface area contributed by atoms with Gasteiger partial charge in [0.05, 0.1) is 39.5 Å². The van der Waals surface area contributed by atoms with Crippen LogP contribution in [0.15, 0.2) is 36.4 Å². The Kier molecular flexibility index (Phi) is 7.40. The Morgan fingerprint density at radius 3 is 2.28 bits per heavy atom. The van der Waals surface area contributed by atoms with Gasteiger partial charge in [-0.1, -0.05) is 0 Å². The Balaban J connectivity index is 1.63. The molecular formula is C23H27FN2O6. The number of rotatable bonds is 9. The van der Waals surface area contributed by atoms with Crippen LogP contribution in [0.25, 0.3) is 0 Å². The van der Waals surface area contributed by atoms with Crippen molar-refractivity contribution < 1.29 is 32.9 Å². The van der Waals surface area contributed by atoms with Crippen molar-refractivity contribution in [3.8, 4) is 23.0 Å². The minimum absolute atomic E-state index is 0.110. The number of likely N-dealkylation sites (N-methyl/N-ethyl adjacent to an activating group) is 1. The highest BCUT2D eigenvalue weighted by molar-refractivity contribution is 6.00. The van der Waals surface area contributed by atoms with E-state index in [2.05, 4.69) is 0 Å². The van der Waals surface area contributed by atoms with Gasteiger partial charge in [-0.25, -0.2) is 4.39 Å².